The first-order valence-corrected chi connectivity index (χ1v) is 8.66. The van der Waals surface area contributed by atoms with Gasteiger partial charge in [-0.15, -0.1) is 0 Å². The zero-order chi connectivity index (χ0) is 14.1. The van der Waals surface area contributed by atoms with Crippen LogP contribution in [-0.4, -0.2) is 46.5 Å². The fourth-order valence-corrected chi connectivity index (χ4v) is 4.81. The van der Waals surface area contributed by atoms with Crippen molar-refractivity contribution in [3.05, 3.63) is 11.8 Å². The van der Waals surface area contributed by atoms with Crippen molar-refractivity contribution in [3.63, 3.8) is 0 Å². The molecule has 1 aromatic rings. The molecular weight excluding hydrogens is 284 g/mol. The number of nitrogens with two attached hydrogens (primary N) is 1. The van der Waals surface area contributed by atoms with Crippen LogP contribution in [0.1, 0.15) is 25.8 Å². The minimum absolute atomic E-state index is 0.120. The van der Waals surface area contributed by atoms with Gasteiger partial charge in [-0.1, -0.05) is 13.8 Å². The SMILES string of the molecule is CC1(C)CCN(S(=O)(=O)c2[nH]ncc2CN)CCS1. The topological polar surface area (TPSA) is 92.1 Å². The number of aromatic nitrogens is 2. The monoisotopic (exact) mass is 304 g/mol. The maximum atomic E-state index is 12.6. The maximum Gasteiger partial charge on any atom is 0.260 e. The summed E-state index contributed by atoms with van der Waals surface area (Å²) in [6.45, 7) is 5.52. The molecule has 1 aliphatic heterocycles. The van der Waals surface area contributed by atoms with E-state index in [1.165, 1.54) is 10.5 Å². The average Bonchev–Trinajstić information content (AvgIpc) is 2.74. The van der Waals surface area contributed by atoms with Gasteiger partial charge in [-0.3, -0.25) is 5.10 Å². The van der Waals surface area contributed by atoms with E-state index >= 15 is 0 Å². The molecule has 19 heavy (non-hydrogen) atoms. The highest BCUT2D eigenvalue weighted by atomic mass is 32.2. The van der Waals surface area contributed by atoms with Gasteiger partial charge in [-0.25, -0.2) is 8.42 Å². The number of rotatable bonds is 3. The van der Waals surface area contributed by atoms with Gasteiger partial charge in [0, 0.05) is 35.7 Å². The molecule has 8 heteroatoms. The lowest BCUT2D eigenvalue weighted by molar-refractivity contribution is 0.413. The summed E-state index contributed by atoms with van der Waals surface area (Å²) in [5.41, 5.74) is 6.09. The van der Waals surface area contributed by atoms with E-state index in [4.69, 9.17) is 5.73 Å². The first-order chi connectivity index (χ1) is 8.87. The molecule has 0 atom stereocenters. The quantitative estimate of drug-likeness (QED) is 0.860. The summed E-state index contributed by atoms with van der Waals surface area (Å²) in [5, 5.41) is 6.50. The lowest BCUT2D eigenvalue weighted by atomic mass is 10.1. The van der Waals surface area contributed by atoms with Crippen LogP contribution in [0, 0.1) is 0 Å². The molecule has 1 aromatic heterocycles. The highest BCUT2D eigenvalue weighted by Crippen LogP contribution is 2.32. The van der Waals surface area contributed by atoms with Crippen LogP contribution in [0.15, 0.2) is 11.2 Å². The molecule has 0 unspecified atom stereocenters. The van der Waals surface area contributed by atoms with E-state index < -0.39 is 10.0 Å². The second-order valence-electron chi connectivity index (χ2n) is 5.19. The largest absolute Gasteiger partial charge is 0.326 e. The van der Waals surface area contributed by atoms with Crippen LogP contribution >= 0.6 is 11.8 Å². The first-order valence-electron chi connectivity index (χ1n) is 6.23. The molecule has 6 nitrogen and oxygen atoms in total. The Labute approximate surface area is 118 Å². The Kier molecular flexibility index (Phi) is 4.24. The van der Waals surface area contributed by atoms with Crippen molar-refractivity contribution in [1.82, 2.24) is 14.5 Å². The Hall–Kier alpha value is -0.570. The molecule has 1 aliphatic rings. The summed E-state index contributed by atoms with van der Waals surface area (Å²) >= 11 is 1.81. The van der Waals surface area contributed by atoms with Crippen molar-refractivity contribution >= 4 is 21.8 Å². The number of aromatic amines is 1. The molecule has 0 spiro atoms. The number of hydrogen-bond acceptors (Lipinski definition) is 5. The molecule has 3 N–H and O–H groups in total. The molecule has 0 aromatic carbocycles. The summed E-state index contributed by atoms with van der Waals surface area (Å²) in [5.74, 6) is 0.804. The summed E-state index contributed by atoms with van der Waals surface area (Å²) in [7, 11) is -3.51. The van der Waals surface area contributed by atoms with Gasteiger partial charge in [-0.2, -0.15) is 21.2 Å². The zero-order valence-electron chi connectivity index (χ0n) is 11.2. The van der Waals surface area contributed by atoms with Gasteiger partial charge in [-0.05, 0) is 6.42 Å². The van der Waals surface area contributed by atoms with Gasteiger partial charge in [0.25, 0.3) is 10.0 Å². The minimum Gasteiger partial charge on any atom is -0.326 e. The fourth-order valence-electron chi connectivity index (χ4n) is 2.04. The highest BCUT2D eigenvalue weighted by Gasteiger charge is 2.32. The molecule has 0 saturated carbocycles. The predicted octanol–water partition coefficient (Wildman–Crippen LogP) is 0.775. The molecule has 0 radical (unpaired) electrons. The lowest BCUT2D eigenvalue weighted by Crippen LogP contribution is -2.34. The number of H-pyrrole nitrogens is 1. The lowest BCUT2D eigenvalue weighted by Gasteiger charge is -2.22. The molecule has 2 rings (SSSR count). The smallest absolute Gasteiger partial charge is 0.260 e. The molecule has 108 valence electrons. The minimum atomic E-state index is -3.51. The van der Waals surface area contributed by atoms with Crippen molar-refractivity contribution in [2.45, 2.75) is 36.6 Å². The van der Waals surface area contributed by atoms with Gasteiger partial charge in [0.1, 0.15) is 0 Å². The van der Waals surface area contributed by atoms with Crippen molar-refractivity contribution in [2.24, 2.45) is 5.73 Å². The molecular formula is C11H20N4O2S2. The molecule has 1 fully saturated rings. The van der Waals surface area contributed by atoms with Gasteiger partial charge < -0.3 is 5.73 Å². The van der Waals surface area contributed by atoms with Gasteiger partial charge in [0.15, 0.2) is 5.03 Å². The van der Waals surface area contributed by atoms with E-state index in [1.807, 2.05) is 11.8 Å². The number of sulfonamides is 1. The summed E-state index contributed by atoms with van der Waals surface area (Å²) < 4.78 is 26.8. The third kappa shape index (κ3) is 3.13. The van der Waals surface area contributed by atoms with Crippen LogP contribution in [0.25, 0.3) is 0 Å². The van der Waals surface area contributed by atoms with Gasteiger partial charge >= 0.3 is 0 Å². The average molecular weight is 304 g/mol. The van der Waals surface area contributed by atoms with Crippen molar-refractivity contribution < 1.29 is 8.42 Å². The first kappa shape index (κ1) is 14.8. The van der Waals surface area contributed by atoms with E-state index in [-0.39, 0.29) is 16.3 Å². The molecule has 2 heterocycles. The van der Waals surface area contributed by atoms with Crippen molar-refractivity contribution in [2.75, 3.05) is 18.8 Å². The Morgan fingerprint density at radius 3 is 2.95 bits per heavy atom. The number of thioether (sulfide) groups is 1. The van der Waals surface area contributed by atoms with Gasteiger partial charge in [0.05, 0.1) is 6.20 Å². The normalized spacial score (nSPS) is 21.2. The number of hydrogen-bond donors (Lipinski definition) is 2. The molecule has 1 saturated heterocycles. The van der Waals surface area contributed by atoms with Crippen LogP contribution in [-0.2, 0) is 16.6 Å². The summed E-state index contributed by atoms with van der Waals surface area (Å²) in [6.07, 6.45) is 2.31. The fraction of sp³-hybridized carbons (Fsp3) is 0.727. The standard InChI is InChI=1S/C11H20N4O2S2/c1-11(2)3-4-15(5-6-18-11)19(16,17)10-9(7-12)8-13-14-10/h8H,3-7,12H2,1-2H3,(H,13,14). The molecule has 0 amide bonds. The second-order valence-corrected chi connectivity index (χ2v) is 8.87. The number of nitrogens with one attached hydrogen (secondary N) is 1. The number of nitrogens with zero attached hydrogens (tertiary/aromatic N) is 2. The molecule has 0 bridgehead atoms. The Morgan fingerprint density at radius 2 is 2.26 bits per heavy atom. The Bertz CT molecular complexity index is 539. The third-order valence-electron chi connectivity index (χ3n) is 3.29. The third-order valence-corrected chi connectivity index (χ3v) is 6.58. The van der Waals surface area contributed by atoms with E-state index in [1.54, 1.807) is 0 Å². The van der Waals surface area contributed by atoms with Crippen LogP contribution in [0.5, 0.6) is 0 Å². The summed E-state index contributed by atoms with van der Waals surface area (Å²) in [4.78, 5) is 0. The highest BCUT2D eigenvalue weighted by molar-refractivity contribution is 8.00. The van der Waals surface area contributed by atoms with Crippen molar-refractivity contribution in [1.29, 1.82) is 0 Å². The maximum absolute atomic E-state index is 12.6. The van der Waals surface area contributed by atoms with Crippen molar-refractivity contribution in [3.8, 4) is 0 Å². The Morgan fingerprint density at radius 1 is 1.53 bits per heavy atom. The van der Waals surface area contributed by atoms with E-state index in [0.717, 1.165) is 12.2 Å². The van der Waals surface area contributed by atoms with Crippen LogP contribution in [0.2, 0.25) is 0 Å². The van der Waals surface area contributed by atoms with E-state index in [2.05, 4.69) is 24.0 Å². The summed E-state index contributed by atoms with van der Waals surface area (Å²) in [6, 6.07) is 0. The zero-order valence-corrected chi connectivity index (χ0v) is 12.9. The van der Waals surface area contributed by atoms with Crippen LogP contribution in [0.4, 0.5) is 0 Å². The van der Waals surface area contributed by atoms with E-state index in [9.17, 15) is 8.42 Å². The predicted molar refractivity (Wildman–Crippen MR) is 76.4 cm³/mol. The Balaban J connectivity index is 2.25. The second kappa shape index (κ2) is 5.43. The van der Waals surface area contributed by atoms with Gasteiger partial charge in [0.2, 0.25) is 0 Å². The van der Waals surface area contributed by atoms with Crippen LogP contribution in [0.3, 0.4) is 0 Å². The van der Waals surface area contributed by atoms with E-state index in [0.29, 0.717) is 18.7 Å². The van der Waals surface area contributed by atoms with Crippen LogP contribution < -0.4 is 5.73 Å². The molecule has 0 aliphatic carbocycles.